The lowest BCUT2D eigenvalue weighted by Crippen LogP contribution is -2.44. The number of unbranched alkanes of at least 4 members (excludes halogenated alkanes) is 2. The molecule has 2 N–H and O–H groups in total. The maximum atomic E-state index is 12.8. The third-order valence-electron chi connectivity index (χ3n) is 4.50. The first-order chi connectivity index (χ1) is 11.6. The fourth-order valence-corrected chi connectivity index (χ4v) is 3.21. The van der Waals surface area contributed by atoms with Gasteiger partial charge in [0.1, 0.15) is 5.75 Å². The smallest absolute Gasteiger partial charge is 0.319 e. The fraction of sp³-hybridized carbons (Fsp3) is 0.444. The van der Waals surface area contributed by atoms with Crippen molar-refractivity contribution in [2.45, 2.75) is 32.2 Å². The summed E-state index contributed by atoms with van der Waals surface area (Å²) in [7, 11) is 1.61. The zero-order valence-electron chi connectivity index (χ0n) is 14.1. The lowest BCUT2D eigenvalue weighted by atomic mass is 9.96. The predicted molar refractivity (Wildman–Crippen MR) is 90.5 cm³/mol. The minimum atomic E-state index is -0.414. The summed E-state index contributed by atoms with van der Waals surface area (Å²) in [5.74, 6) is 0.751. The first kappa shape index (κ1) is 16.4. The maximum Gasteiger partial charge on any atom is 0.319 e. The lowest BCUT2D eigenvalue weighted by molar-refractivity contribution is -0.125. The number of amides is 3. The van der Waals surface area contributed by atoms with E-state index in [0.717, 1.165) is 42.8 Å². The number of nitrogens with one attached hydrogen (secondary N) is 2. The molecule has 0 saturated heterocycles. The van der Waals surface area contributed by atoms with E-state index in [1.54, 1.807) is 7.11 Å². The van der Waals surface area contributed by atoms with Crippen LogP contribution < -0.4 is 15.4 Å². The molecule has 6 nitrogen and oxygen atoms in total. The highest BCUT2D eigenvalue weighted by Crippen LogP contribution is 2.33. The number of nitrogens with zero attached hydrogens (tertiary/aromatic N) is 1. The van der Waals surface area contributed by atoms with Crippen LogP contribution in [0.1, 0.15) is 37.8 Å². The quantitative estimate of drug-likeness (QED) is 0.787. The average Bonchev–Trinajstić information content (AvgIpc) is 2.90. The molecule has 2 aliphatic heterocycles. The van der Waals surface area contributed by atoms with Crippen molar-refractivity contribution in [3.63, 3.8) is 0 Å². The van der Waals surface area contributed by atoms with Crippen LogP contribution in [-0.2, 0) is 4.79 Å². The van der Waals surface area contributed by atoms with E-state index in [9.17, 15) is 9.59 Å². The molecule has 0 fully saturated rings. The van der Waals surface area contributed by atoms with Gasteiger partial charge in [-0.25, -0.2) is 4.79 Å². The molecule has 0 aromatic heterocycles. The number of urea groups is 1. The monoisotopic (exact) mass is 329 g/mol. The minimum absolute atomic E-state index is 0.00872. The molecule has 1 aromatic carbocycles. The molecule has 0 radical (unpaired) electrons. The Kier molecular flexibility index (Phi) is 4.74. The number of carbonyl (C=O) groups excluding carboxylic acids is 2. The molecular weight excluding hydrogens is 306 g/mol. The Hall–Kier alpha value is -2.50. The summed E-state index contributed by atoms with van der Waals surface area (Å²) in [5.41, 5.74) is 2.25. The lowest BCUT2D eigenvalue weighted by Gasteiger charge is -2.25. The van der Waals surface area contributed by atoms with Gasteiger partial charge in [0, 0.05) is 6.54 Å². The first-order valence-electron chi connectivity index (χ1n) is 8.37. The second-order valence-corrected chi connectivity index (χ2v) is 6.13. The zero-order chi connectivity index (χ0) is 17.1. The molecule has 3 amide bonds. The van der Waals surface area contributed by atoms with E-state index in [0.29, 0.717) is 12.1 Å². The molecule has 1 aromatic rings. The number of methoxy groups -OCH3 is 1. The van der Waals surface area contributed by atoms with Crippen LogP contribution >= 0.6 is 0 Å². The number of benzene rings is 1. The molecule has 2 heterocycles. The fourth-order valence-electron chi connectivity index (χ4n) is 3.21. The Morgan fingerprint density at radius 3 is 2.62 bits per heavy atom. The van der Waals surface area contributed by atoms with Gasteiger partial charge >= 0.3 is 6.03 Å². The van der Waals surface area contributed by atoms with Gasteiger partial charge < -0.3 is 20.3 Å². The molecule has 0 unspecified atom stereocenters. The average molecular weight is 329 g/mol. The normalized spacial score (nSPS) is 19.9. The Morgan fingerprint density at radius 2 is 1.96 bits per heavy atom. The molecule has 2 aliphatic rings. The van der Waals surface area contributed by atoms with E-state index in [1.165, 1.54) is 0 Å². The summed E-state index contributed by atoms with van der Waals surface area (Å²) < 4.78 is 5.17. The summed E-state index contributed by atoms with van der Waals surface area (Å²) in [6, 6.07) is 6.75. The van der Waals surface area contributed by atoms with Crippen LogP contribution in [0.5, 0.6) is 5.75 Å². The Labute approximate surface area is 141 Å². The Bertz CT molecular complexity index is 667. The van der Waals surface area contributed by atoms with Crippen LogP contribution in [0, 0.1) is 0 Å². The van der Waals surface area contributed by atoms with Crippen LogP contribution in [0.2, 0.25) is 0 Å². The summed E-state index contributed by atoms with van der Waals surface area (Å²) >= 11 is 0. The van der Waals surface area contributed by atoms with E-state index in [1.807, 2.05) is 29.2 Å². The van der Waals surface area contributed by atoms with Crippen molar-refractivity contribution >= 4 is 11.9 Å². The van der Waals surface area contributed by atoms with Crippen LogP contribution in [0.15, 0.2) is 35.5 Å². The number of carbonyl (C=O) groups is 2. The largest absolute Gasteiger partial charge is 0.497 e. The molecule has 6 heteroatoms. The summed E-state index contributed by atoms with van der Waals surface area (Å²) in [4.78, 5) is 26.6. The van der Waals surface area contributed by atoms with Crippen molar-refractivity contribution in [1.29, 1.82) is 0 Å². The maximum absolute atomic E-state index is 12.8. The number of ether oxygens (including phenoxy) is 1. The van der Waals surface area contributed by atoms with E-state index in [4.69, 9.17) is 4.74 Å². The SMILES string of the molecule is CCCCCN1CC2=C(C1=O)[C@H](c1ccc(OC)cc1)NC(=O)N2. The van der Waals surface area contributed by atoms with Crippen molar-refractivity contribution in [3.05, 3.63) is 41.1 Å². The van der Waals surface area contributed by atoms with Crippen molar-refractivity contribution < 1.29 is 14.3 Å². The standard InChI is InChI=1S/C18H23N3O3/c1-3-4-5-10-21-11-14-15(17(21)22)16(20-18(23)19-14)12-6-8-13(24-2)9-7-12/h6-9,16H,3-5,10-11H2,1-2H3,(H2,19,20,23)/t16-/m0/s1. The van der Waals surface area contributed by atoms with Crippen LogP contribution in [0.3, 0.4) is 0 Å². The van der Waals surface area contributed by atoms with E-state index in [2.05, 4.69) is 17.6 Å². The highest BCUT2D eigenvalue weighted by molar-refractivity contribution is 6.01. The summed E-state index contributed by atoms with van der Waals surface area (Å²) in [6.07, 6.45) is 3.19. The third kappa shape index (κ3) is 3.09. The van der Waals surface area contributed by atoms with Crippen LogP contribution in [0.4, 0.5) is 4.79 Å². The number of rotatable bonds is 6. The van der Waals surface area contributed by atoms with Crippen LogP contribution in [0.25, 0.3) is 0 Å². The second kappa shape index (κ2) is 6.95. The molecule has 0 spiro atoms. The van der Waals surface area contributed by atoms with Gasteiger partial charge in [-0.05, 0) is 24.1 Å². The highest BCUT2D eigenvalue weighted by atomic mass is 16.5. The van der Waals surface area contributed by atoms with E-state index >= 15 is 0 Å². The van der Waals surface area contributed by atoms with Crippen molar-refractivity contribution in [2.24, 2.45) is 0 Å². The molecule has 128 valence electrons. The number of hydrogen-bond acceptors (Lipinski definition) is 3. The molecule has 24 heavy (non-hydrogen) atoms. The number of hydrogen-bond donors (Lipinski definition) is 2. The highest BCUT2D eigenvalue weighted by Gasteiger charge is 2.39. The van der Waals surface area contributed by atoms with E-state index in [-0.39, 0.29) is 11.9 Å². The minimum Gasteiger partial charge on any atom is -0.497 e. The topological polar surface area (TPSA) is 70.7 Å². The van der Waals surface area contributed by atoms with Crippen LogP contribution in [-0.4, -0.2) is 37.0 Å². The van der Waals surface area contributed by atoms with Gasteiger partial charge in [0.05, 0.1) is 31.0 Å². The van der Waals surface area contributed by atoms with Gasteiger partial charge in [0.15, 0.2) is 0 Å². The van der Waals surface area contributed by atoms with Gasteiger partial charge in [-0.15, -0.1) is 0 Å². The summed E-state index contributed by atoms with van der Waals surface area (Å²) in [5, 5.41) is 5.66. The third-order valence-corrected chi connectivity index (χ3v) is 4.50. The Morgan fingerprint density at radius 1 is 1.21 bits per heavy atom. The molecular formula is C18H23N3O3. The van der Waals surface area contributed by atoms with E-state index < -0.39 is 6.04 Å². The van der Waals surface area contributed by atoms with Gasteiger partial charge in [-0.1, -0.05) is 31.9 Å². The molecule has 0 bridgehead atoms. The molecule has 0 aliphatic carbocycles. The molecule has 3 rings (SSSR count). The van der Waals surface area contributed by atoms with Crippen molar-refractivity contribution in [2.75, 3.05) is 20.2 Å². The van der Waals surface area contributed by atoms with Gasteiger partial charge in [-0.2, -0.15) is 0 Å². The predicted octanol–water partition coefficient (Wildman–Crippen LogP) is 2.34. The van der Waals surface area contributed by atoms with Crippen molar-refractivity contribution in [3.8, 4) is 5.75 Å². The Balaban J connectivity index is 1.83. The van der Waals surface area contributed by atoms with Gasteiger partial charge in [-0.3, -0.25) is 4.79 Å². The zero-order valence-corrected chi connectivity index (χ0v) is 14.1. The molecule has 1 atom stereocenters. The summed E-state index contributed by atoms with van der Waals surface area (Å²) in [6.45, 7) is 3.35. The first-order valence-corrected chi connectivity index (χ1v) is 8.37. The second-order valence-electron chi connectivity index (χ2n) is 6.13. The molecule has 0 saturated carbocycles. The van der Waals surface area contributed by atoms with Gasteiger partial charge in [0.2, 0.25) is 0 Å². The van der Waals surface area contributed by atoms with Gasteiger partial charge in [0.25, 0.3) is 5.91 Å². The van der Waals surface area contributed by atoms with Crippen molar-refractivity contribution in [1.82, 2.24) is 15.5 Å².